The molecule has 1 heterocycles. The number of rotatable bonds is 2. The molecule has 0 unspecified atom stereocenters. The van der Waals surface area contributed by atoms with E-state index in [9.17, 15) is 4.79 Å². The maximum Gasteiger partial charge on any atom is 0.337 e. The second-order valence-corrected chi connectivity index (χ2v) is 2.36. The predicted octanol–water partition coefficient (Wildman–Crippen LogP) is 0.736. The predicted molar refractivity (Wildman–Crippen MR) is 49.2 cm³/mol. The van der Waals surface area contributed by atoms with E-state index in [2.05, 4.69) is 10.1 Å². The van der Waals surface area contributed by atoms with E-state index in [1.54, 1.807) is 24.4 Å². The quantitative estimate of drug-likeness (QED) is 0.484. The fourth-order valence-corrected chi connectivity index (χ4v) is 0.916. The third kappa shape index (κ3) is 2.30. The van der Waals surface area contributed by atoms with Gasteiger partial charge in [0.1, 0.15) is 0 Å². The Morgan fingerprint density at radius 1 is 1.69 bits per heavy atom. The highest BCUT2D eigenvalue weighted by molar-refractivity contribution is 5.92. The summed E-state index contributed by atoms with van der Waals surface area (Å²) < 4.78 is 4.55. The van der Waals surface area contributed by atoms with Crippen molar-refractivity contribution in [2.75, 3.05) is 7.11 Å². The molecular formula is C9H10N2O2. The molecule has 0 amide bonds. The van der Waals surface area contributed by atoms with Crippen molar-refractivity contribution in [3.05, 3.63) is 35.7 Å². The van der Waals surface area contributed by atoms with Crippen LogP contribution in [0.15, 0.2) is 35.7 Å². The van der Waals surface area contributed by atoms with Gasteiger partial charge in [-0.1, -0.05) is 0 Å². The average Bonchev–Trinajstić information content (AvgIpc) is 2.18. The molecule has 4 heteroatoms. The van der Waals surface area contributed by atoms with Crippen molar-refractivity contribution in [2.45, 2.75) is 0 Å². The lowest BCUT2D eigenvalue weighted by Gasteiger charge is -2.08. The molecule has 1 rings (SSSR count). The molecule has 68 valence electrons. The van der Waals surface area contributed by atoms with Gasteiger partial charge >= 0.3 is 5.97 Å². The van der Waals surface area contributed by atoms with Crippen LogP contribution in [0.25, 0.3) is 0 Å². The number of methoxy groups -OCH3 is 1. The summed E-state index contributed by atoms with van der Waals surface area (Å²) in [6.07, 6.45) is 7.56. The van der Waals surface area contributed by atoms with E-state index in [0.717, 1.165) is 6.21 Å². The van der Waals surface area contributed by atoms with Crippen molar-refractivity contribution in [1.29, 1.82) is 5.41 Å². The second-order valence-electron chi connectivity index (χ2n) is 2.36. The first-order valence-electron chi connectivity index (χ1n) is 3.72. The second kappa shape index (κ2) is 4.25. The molecular weight excluding hydrogens is 168 g/mol. The Morgan fingerprint density at radius 2 is 2.46 bits per heavy atom. The van der Waals surface area contributed by atoms with Crippen LogP contribution in [0.4, 0.5) is 0 Å². The molecule has 0 spiro atoms. The molecule has 0 aromatic carbocycles. The highest BCUT2D eigenvalue weighted by atomic mass is 16.5. The van der Waals surface area contributed by atoms with Gasteiger partial charge in [0.15, 0.2) is 0 Å². The van der Waals surface area contributed by atoms with Crippen molar-refractivity contribution >= 4 is 12.2 Å². The number of hydrogen-bond acceptors (Lipinski definition) is 4. The topological polar surface area (TPSA) is 62.2 Å². The Kier molecular flexibility index (Phi) is 3.03. The van der Waals surface area contributed by atoms with E-state index < -0.39 is 0 Å². The molecule has 1 aliphatic heterocycles. The minimum atomic E-state index is -0.381. The first-order valence-corrected chi connectivity index (χ1v) is 3.72. The zero-order valence-corrected chi connectivity index (χ0v) is 7.20. The lowest BCUT2D eigenvalue weighted by atomic mass is 10.1. The van der Waals surface area contributed by atoms with Crippen LogP contribution in [0.1, 0.15) is 0 Å². The first-order chi connectivity index (χ1) is 6.27. The third-order valence-electron chi connectivity index (χ3n) is 1.51. The van der Waals surface area contributed by atoms with E-state index in [1.807, 2.05) is 0 Å². The largest absolute Gasteiger partial charge is 0.465 e. The van der Waals surface area contributed by atoms with Gasteiger partial charge in [0.25, 0.3) is 0 Å². The summed E-state index contributed by atoms with van der Waals surface area (Å²) in [6, 6.07) is 0. The molecule has 0 aromatic heterocycles. The van der Waals surface area contributed by atoms with Crippen LogP contribution >= 0.6 is 0 Å². The minimum Gasteiger partial charge on any atom is -0.465 e. The van der Waals surface area contributed by atoms with Gasteiger partial charge in [-0.3, -0.25) is 0 Å². The molecule has 0 fully saturated rings. The van der Waals surface area contributed by atoms with Crippen molar-refractivity contribution in [1.82, 2.24) is 5.32 Å². The number of hydrogen-bond donors (Lipinski definition) is 2. The van der Waals surface area contributed by atoms with Gasteiger partial charge in [0, 0.05) is 18.1 Å². The maximum atomic E-state index is 11.1. The maximum absolute atomic E-state index is 11.1. The number of dihydropyridines is 1. The van der Waals surface area contributed by atoms with Gasteiger partial charge in [0.05, 0.1) is 12.7 Å². The van der Waals surface area contributed by atoms with Crippen LogP contribution in [0.5, 0.6) is 0 Å². The lowest BCUT2D eigenvalue weighted by molar-refractivity contribution is -0.135. The van der Waals surface area contributed by atoms with Crippen LogP contribution < -0.4 is 5.32 Å². The van der Waals surface area contributed by atoms with E-state index in [1.165, 1.54) is 7.11 Å². The zero-order valence-electron chi connectivity index (χ0n) is 7.20. The van der Waals surface area contributed by atoms with E-state index in [0.29, 0.717) is 11.3 Å². The molecule has 0 saturated carbocycles. The fraction of sp³-hybridized carbons (Fsp3) is 0.111. The van der Waals surface area contributed by atoms with Crippen molar-refractivity contribution in [3.8, 4) is 0 Å². The van der Waals surface area contributed by atoms with Crippen molar-refractivity contribution in [3.63, 3.8) is 0 Å². The number of allylic oxidation sites excluding steroid dienone is 2. The summed E-state index contributed by atoms with van der Waals surface area (Å²) in [5, 5.41) is 9.72. The summed E-state index contributed by atoms with van der Waals surface area (Å²) in [5.74, 6) is -0.381. The van der Waals surface area contributed by atoms with E-state index in [-0.39, 0.29) is 5.97 Å². The molecule has 2 N–H and O–H groups in total. The van der Waals surface area contributed by atoms with Gasteiger partial charge in [-0.15, -0.1) is 0 Å². The van der Waals surface area contributed by atoms with Crippen LogP contribution in [0, 0.1) is 5.41 Å². The van der Waals surface area contributed by atoms with Crippen LogP contribution in [0.3, 0.4) is 0 Å². The molecule has 0 atom stereocenters. The number of ether oxygens (including phenoxy) is 1. The Bertz CT molecular complexity index is 314. The molecule has 13 heavy (non-hydrogen) atoms. The summed E-state index contributed by atoms with van der Waals surface area (Å²) in [4.78, 5) is 11.1. The average molecular weight is 178 g/mol. The zero-order chi connectivity index (χ0) is 9.68. The molecule has 1 aliphatic rings. The Balaban J connectivity index is 2.86. The lowest BCUT2D eigenvalue weighted by Crippen LogP contribution is -2.12. The highest BCUT2D eigenvalue weighted by Crippen LogP contribution is 2.08. The highest BCUT2D eigenvalue weighted by Gasteiger charge is 2.09. The molecule has 0 bridgehead atoms. The molecule has 4 nitrogen and oxygen atoms in total. The van der Waals surface area contributed by atoms with Crippen LogP contribution in [-0.2, 0) is 9.53 Å². The SMILES string of the molecule is COC(=O)C1=C/C(=C/C=N)NC=C1. The number of nitrogens with one attached hydrogen (secondary N) is 2. The minimum absolute atomic E-state index is 0.381. The molecule has 0 radical (unpaired) electrons. The van der Waals surface area contributed by atoms with Gasteiger partial charge in [0.2, 0.25) is 0 Å². The van der Waals surface area contributed by atoms with Gasteiger partial charge < -0.3 is 15.5 Å². The van der Waals surface area contributed by atoms with E-state index in [4.69, 9.17) is 5.41 Å². The normalized spacial score (nSPS) is 17.6. The monoisotopic (exact) mass is 178 g/mol. The number of esters is 1. The summed E-state index contributed by atoms with van der Waals surface area (Å²) in [6.45, 7) is 0. The molecule has 0 aliphatic carbocycles. The number of carbonyl (C=O) groups excluding carboxylic acids is 1. The molecule has 0 aromatic rings. The Morgan fingerprint density at radius 3 is 3.08 bits per heavy atom. The first kappa shape index (κ1) is 9.25. The van der Waals surface area contributed by atoms with Crippen molar-refractivity contribution < 1.29 is 9.53 Å². The summed E-state index contributed by atoms with van der Waals surface area (Å²) in [7, 11) is 1.33. The van der Waals surface area contributed by atoms with Gasteiger partial charge in [-0.25, -0.2) is 4.79 Å². The van der Waals surface area contributed by atoms with Crippen LogP contribution in [0.2, 0.25) is 0 Å². The van der Waals surface area contributed by atoms with Crippen molar-refractivity contribution in [2.24, 2.45) is 0 Å². The standard InChI is InChI=1S/C9H10N2O2/c1-13-9(12)7-3-5-11-8(6-7)2-4-10/h2-6,10-11H,1H3/b8-2-,10-4?. The Labute approximate surface area is 76.1 Å². The Hall–Kier alpha value is -1.84. The number of carbonyl (C=O) groups is 1. The van der Waals surface area contributed by atoms with Gasteiger partial charge in [-0.05, 0) is 18.2 Å². The van der Waals surface area contributed by atoms with E-state index >= 15 is 0 Å². The smallest absolute Gasteiger partial charge is 0.337 e. The summed E-state index contributed by atoms with van der Waals surface area (Å²) in [5.41, 5.74) is 1.16. The van der Waals surface area contributed by atoms with Gasteiger partial charge in [-0.2, -0.15) is 0 Å². The summed E-state index contributed by atoms with van der Waals surface area (Å²) >= 11 is 0. The van der Waals surface area contributed by atoms with Crippen LogP contribution in [-0.4, -0.2) is 19.3 Å². The molecule has 0 saturated heterocycles. The third-order valence-corrected chi connectivity index (χ3v) is 1.51. The fourth-order valence-electron chi connectivity index (χ4n) is 0.916.